The van der Waals surface area contributed by atoms with E-state index in [0.29, 0.717) is 5.25 Å². The zero-order chi connectivity index (χ0) is 8.55. The molecule has 2 aliphatic rings. The monoisotopic (exact) mass is 181 g/mol. The van der Waals surface area contributed by atoms with Gasteiger partial charge in [0.2, 0.25) is 0 Å². The molecule has 0 radical (unpaired) electrons. The molecule has 1 aliphatic heterocycles. The van der Waals surface area contributed by atoms with Crippen LogP contribution < -0.4 is 0 Å². The highest BCUT2D eigenvalue weighted by atomic mass is 32.2. The van der Waals surface area contributed by atoms with Crippen LogP contribution in [0.2, 0.25) is 0 Å². The second-order valence-corrected chi connectivity index (χ2v) is 4.15. The van der Waals surface area contributed by atoms with Gasteiger partial charge in [0.25, 0.3) is 5.23 Å². The molecule has 0 aromatic rings. The van der Waals surface area contributed by atoms with Crippen molar-refractivity contribution >= 4 is 17.0 Å². The molecule has 64 valence electrons. The maximum atomic E-state index is 5.09. The Morgan fingerprint density at radius 1 is 1.58 bits per heavy atom. The summed E-state index contributed by atoms with van der Waals surface area (Å²) in [7, 11) is 1.67. The Balaban J connectivity index is 2.22. The van der Waals surface area contributed by atoms with Crippen molar-refractivity contribution in [2.45, 2.75) is 18.6 Å². The predicted molar refractivity (Wildman–Crippen MR) is 52.3 cm³/mol. The standard InChI is InChI=1S/C9H11NOS/c1-6-3-4-7-8(5-6)12-9(10-7)11-2/h3-4,8H,5H2,1-2H3. The predicted octanol–water partition coefficient (Wildman–Crippen LogP) is 2.34. The summed E-state index contributed by atoms with van der Waals surface area (Å²) in [5, 5.41) is 1.30. The Bertz CT molecular complexity index is 291. The molecule has 1 heterocycles. The highest BCUT2D eigenvalue weighted by Crippen LogP contribution is 2.36. The van der Waals surface area contributed by atoms with E-state index in [1.807, 2.05) is 0 Å². The van der Waals surface area contributed by atoms with Crippen molar-refractivity contribution in [2.24, 2.45) is 4.99 Å². The molecule has 3 heteroatoms. The van der Waals surface area contributed by atoms with Gasteiger partial charge in [-0.25, -0.2) is 4.99 Å². The van der Waals surface area contributed by atoms with Crippen molar-refractivity contribution in [1.82, 2.24) is 0 Å². The SMILES string of the molecule is COC1=NC2=CC=C(C)CC2S1. The third-order valence-electron chi connectivity index (χ3n) is 2.01. The van der Waals surface area contributed by atoms with Gasteiger partial charge in [-0.1, -0.05) is 23.4 Å². The molecule has 0 aromatic heterocycles. The van der Waals surface area contributed by atoms with Gasteiger partial charge in [0.15, 0.2) is 0 Å². The van der Waals surface area contributed by atoms with E-state index in [4.69, 9.17) is 4.74 Å². The molecule has 0 spiro atoms. The summed E-state index contributed by atoms with van der Waals surface area (Å²) in [4.78, 5) is 4.34. The Morgan fingerprint density at radius 3 is 3.17 bits per heavy atom. The zero-order valence-corrected chi connectivity index (χ0v) is 8.02. The first-order valence-corrected chi connectivity index (χ1v) is 4.84. The maximum Gasteiger partial charge on any atom is 0.251 e. The van der Waals surface area contributed by atoms with E-state index in [0.717, 1.165) is 17.3 Å². The largest absolute Gasteiger partial charge is 0.476 e. The molecule has 1 atom stereocenters. The van der Waals surface area contributed by atoms with Crippen LogP contribution in [0.25, 0.3) is 0 Å². The molecule has 2 rings (SSSR count). The average molecular weight is 181 g/mol. The van der Waals surface area contributed by atoms with Gasteiger partial charge >= 0.3 is 0 Å². The van der Waals surface area contributed by atoms with Gasteiger partial charge in [-0.15, -0.1) is 0 Å². The fourth-order valence-corrected chi connectivity index (χ4v) is 2.45. The minimum absolute atomic E-state index is 0.505. The fraction of sp³-hybridized carbons (Fsp3) is 0.444. The normalized spacial score (nSPS) is 27.2. The van der Waals surface area contributed by atoms with Gasteiger partial charge in [0.05, 0.1) is 18.1 Å². The lowest BCUT2D eigenvalue weighted by atomic mass is 10.0. The second-order valence-electron chi connectivity index (χ2n) is 3.00. The van der Waals surface area contributed by atoms with Crippen LogP contribution in [0.3, 0.4) is 0 Å². The molecule has 0 bridgehead atoms. The van der Waals surface area contributed by atoms with Gasteiger partial charge in [-0.05, 0) is 19.4 Å². The number of rotatable bonds is 0. The highest BCUT2D eigenvalue weighted by Gasteiger charge is 2.27. The van der Waals surface area contributed by atoms with Crippen LogP contribution in [0.1, 0.15) is 13.3 Å². The molecular formula is C9H11NOS. The van der Waals surface area contributed by atoms with Gasteiger partial charge < -0.3 is 4.74 Å². The minimum atomic E-state index is 0.505. The minimum Gasteiger partial charge on any atom is -0.476 e. The number of aliphatic imine (C=N–C) groups is 1. The fourth-order valence-electron chi connectivity index (χ4n) is 1.36. The molecule has 0 saturated carbocycles. The van der Waals surface area contributed by atoms with E-state index in [1.165, 1.54) is 5.57 Å². The van der Waals surface area contributed by atoms with E-state index >= 15 is 0 Å². The average Bonchev–Trinajstić information content (AvgIpc) is 2.46. The molecule has 0 N–H and O–H groups in total. The van der Waals surface area contributed by atoms with Gasteiger partial charge in [0, 0.05) is 0 Å². The Kier molecular flexibility index (Phi) is 1.97. The van der Waals surface area contributed by atoms with Crippen molar-refractivity contribution in [1.29, 1.82) is 0 Å². The Hall–Kier alpha value is -0.700. The molecule has 1 unspecified atom stereocenters. The maximum absolute atomic E-state index is 5.09. The van der Waals surface area contributed by atoms with Crippen molar-refractivity contribution < 1.29 is 4.74 Å². The van der Waals surface area contributed by atoms with E-state index in [1.54, 1.807) is 18.9 Å². The highest BCUT2D eigenvalue weighted by molar-refractivity contribution is 8.14. The lowest BCUT2D eigenvalue weighted by molar-refractivity contribution is 0.416. The quantitative estimate of drug-likeness (QED) is 0.572. The topological polar surface area (TPSA) is 21.6 Å². The van der Waals surface area contributed by atoms with Crippen LogP contribution in [0.4, 0.5) is 0 Å². The van der Waals surface area contributed by atoms with Crippen LogP contribution in [0.5, 0.6) is 0 Å². The van der Waals surface area contributed by atoms with E-state index in [-0.39, 0.29) is 0 Å². The number of hydrogen-bond acceptors (Lipinski definition) is 3. The van der Waals surface area contributed by atoms with Crippen molar-refractivity contribution in [3.63, 3.8) is 0 Å². The third-order valence-corrected chi connectivity index (χ3v) is 3.17. The second kappa shape index (κ2) is 2.98. The smallest absolute Gasteiger partial charge is 0.251 e. The Morgan fingerprint density at radius 2 is 2.42 bits per heavy atom. The van der Waals surface area contributed by atoms with Crippen molar-refractivity contribution in [2.75, 3.05) is 7.11 Å². The first kappa shape index (κ1) is 7.92. The summed E-state index contributed by atoms with van der Waals surface area (Å²) >= 11 is 1.72. The summed E-state index contributed by atoms with van der Waals surface area (Å²) in [6, 6.07) is 0. The van der Waals surface area contributed by atoms with Crippen molar-refractivity contribution in [3.8, 4) is 0 Å². The third kappa shape index (κ3) is 1.29. The molecule has 0 amide bonds. The van der Waals surface area contributed by atoms with Crippen LogP contribution in [0.15, 0.2) is 28.4 Å². The molecule has 1 aliphatic carbocycles. The van der Waals surface area contributed by atoms with Crippen LogP contribution in [0, 0.1) is 0 Å². The molecule has 0 saturated heterocycles. The molecule has 0 fully saturated rings. The lowest BCUT2D eigenvalue weighted by Crippen LogP contribution is -2.05. The Labute approximate surface area is 76.4 Å². The molecular weight excluding hydrogens is 170 g/mol. The van der Waals surface area contributed by atoms with Crippen LogP contribution in [-0.2, 0) is 4.74 Å². The first-order valence-electron chi connectivity index (χ1n) is 3.96. The van der Waals surface area contributed by atoms with Crippen LogP contribution in [-0.4, -0.2) is 17.6 Å². The van der Waals surface area contributed by atoms with Gasteiger partial charge in [-0.2, -0.15) is 0 Å². The number of hydrogen-bond donors (Lipinski definition) is 0. The first-order chi connectivity index (χ1) is 5.79. The zero-order valence-electron chi connectivity index (χ0n) is 7.20. The van der Waals surface area contributed by atoms with Gasteiger partial charge in [-0.3, -0.25) is 0 Å². The molecule has 0 aromatic carbocycles. The summed E-state index contributed by atoms with van der Waals surface area (Å²) in [5.41, 5.74) is 2.58. The van der Waals surface area contributed by atoms with Crippen LogP contribution >= 0.6 is 11.8 Å². The number of allylic oxidation sites excluding steroid dienone is 3. The van der Waals surface area contributed by atoms with E-state index < -0.39 is 0 Å². The lowest BCUT2D eigenvalue weighted by Gasteiger charge is -2.13. The number of nitrogens with zero attached hydrogens (tertiary/aromatic N) is 1. The number of fused-ring (bicyclic) bond motifs is 1. The van der Waals surface area contributed by atoms with E-state index in [9.17, 15) is 0 Å². The summed E-state index contributed by atoms with van der Waals surface area (Å²) in [6.07, 6.45) is 5.32. The van der Waals surface area contributed by atoms with Gasteiger partial charge in [0.1, 0.15) is 0 Å². The summed E-state index contributed by atoms with van der Waals surface area (Å²) in [5.74, 6) is 0. The summed E-state index contributed by atoms with van der Waals surface area (Å²) < 4.78 is 5.09. The molecule has 12 heavy (non-hydrogen) atoms. The number of thioether (sulfide) groups is 1. The summed E-state index contributed by atoms with van der Waals surface area (Å²) in [6.45, 7) is 2.15. The van der Waals surface area contributed by atoms with E-state index in [2.05, 4.69) is 24.1 Å². The number of methoxy groups -OCH3 is 1. The molecule has 2 nitrogen and oxygen atoms in total. The number of ether oxygens (including phenoxy) is 1. The van der Waals surface area contributed by atoms with Crippen molar-refractivity contribution in [3.05, 3.63) is 23.4 Å².